The van der Waals surface area contributed by atoms with Crippen LogP contribution in [-0.2, 0) is 19.2 Å². The van der Waals surface area contributed by atoms with Gasteiger partial charge in [-0.1, -0.05) is 6.92 Å². The van der Waals surface area contributed by atoms with Gasteiger partial charge in [0.05, 0.1) is 12.1 Å². The molecule has 0 rings (SSSR count). The van der Waals surface area contributed by atoms with Crippen LogP contribution in [0.1, 0.15) is 46.5 Å². The third kappa shape index (κ3) is 7.13. The Hall–Kier alpha value is -1.56. The molecule has 0 heterocycles. The zero-order valence-electron chi connectivity index (χ0n) is 12.6. The first-order valence-corrected chi connectivity index (χ1v) is 6.81. The van der Waals surface area contributed by atoms with Gasteiger partial charge in [0.1, 0.15) is 11.6 Å². The minimum absolute atomic E-state index is 0.0133. The van der Waals surface area contributed by atoms with Crippen LogP contribution in [-0.4, -0.2) is 42.4 Å². The Kier molecular flexibility index (Phi) is 8.63. The molecule has 0 aliphatic carbocycles. The Morgan fingerprint density at radius 1 is 1.05 bits per heavy atom. The fraction of sp³-hybridized carbons (Fsp3) is 0.714. The molecule has 0 aliphatic heterocycles. The molecular weight excluding hydrogens is 260 g/mol. The summed E-state index contributed by atoms with van der Waals surface area (Å²) in [6.07, 6.45) is 0.862. The molecule has 0 fully saturated rings. The van der Waals surface area contributed by atoms with Gasteiger partial charge in [-0.25, -0.2) is 0 Å². The van der Waals surface area contributed by atoms with Gasteiger partial charge in [0, 0.05) is 26.2 Å². The average molecular weight is 284 g/mol. The summed E-state index contributed by atoms with van der Waals surface area (Å²) in [5.41, 5.74) is 0. The van der Waals surface area contributed by atoms with Gasteiger partial charge in [-0.3, -0.25) is 19.2 Å². The number of Topliss-reactive ketones (excluding diaryl/α,β-unsaturated/α-hetero) is 3. The maximum Gasteiger partial charge on any atom is 0.217 e. The Bertz CT molecular complexity index is 379. The number of hydrogen-bond acceptors (Lipinski definition) is 5. The normalized spacial score (nSPS) is 13.4. The van der Waals surface area contributed by atoms with Gasteiger partial charge in [0.25, 0.3) is 0 Å². The summed E-state index contributed by atoms with van der Waals surface area (Å²) in [4.78, 5) is 45.8. The van der Waals surface area contributed by atoms with Crippen molar-refractivity contribution in [2.24, 2.45) is 0 Å². The summed E-state index contributed by atoms with van der Waals surface area (Å²) in [6, 6.07) is -1.10. The Morgan fingerprint density at radius 2 is 1.65 bits per heavy atom. The molecule has 6 heteroatoms. The van der Waals surface area contributed by atoms with E-state index in [-0.39, 0.29) is 48.6 Å². The van der Waals surface area contributed by atoms with Gasteiger partial charge in [0.2, 0.25) is 5.91 Å². The Morgan fingerprint density at radius 3 is 2.05 bits per heavy atom. The topological polar surface area (TPSA) is 92.3 Å². The van der Waals surface area contributed by atoms with Crippen molar-refractivity contribution in [3.63, 3.8) is 0 Å². The Labute approximate surface area is 119 Å². The second-order valence-electron chi connectivity index (χ2n) is 4.81. The van der Waals surface area contributed by atoms with E-state index in [1.54, 1.807) is 14.0 Å². The zero-order valence-corrected chi connectivity index (χ0v) is 12.6. The minimum atomic E-state index is -0.754. The highest BCUT2D eigenvalue weighted by Gasteiger charge is 2.22. The summed E-state index contributed by atoms with van der Waals surface area (Å²) in [5.74, 6) is -0.651. The molecule has 0 radical (unpaired) electrons. The summed E-state index contributed by atoms with van der Waals surface area (Å²) in [5, 5.41) is 5.33. The van der Waals surface area contributed by atoms with Crippen LogP contribution in [0.2, 0.25) is 0 Å². The van der Waals surface area contributed by atoms with Crippen LogP contribution in [0.15, 0.2) is 0 Å². The second kappa shape index (κ2) is 9.36. The molecule has 0 bridgehead atoms. The molecule has 0 aromatic heterocycles. The van der Waals surface area contributed by atoms with Crippen LogP contribution in [0.3, 0.4) is 0 Å². The van der Waals surface area contributed by atoms with Crippen molar-refractivity contribution in [2.45, 2.75) is 58.5 Å². The first-order chi connectivity index (χ1) is 9.31. The van der Waals surface area contributed by atoms with Crippen molar-refractivity contribution < 1.29 is 19.2 Å². The first-order valence-electron chi connectivity index (χ1n) is 6.81. The van der Waals surface area contributed by atoms with Crippen LogP contribution in [0.4, 0.5) is 0 Å². The lowest BCUT2D eigenvalue weighted by molar-refractivity contribution is -0.129. The first kappa shape index (κ1) is 18.4. The number of carbonyl (C=O) groups excluding carboxylic acids is 4. The molecule has 114 valence electrons. The molecule has 20 heavy (non-hydrogen) atoms. The van der Waals surface area contributed by atoms with E-state index in [0.717, 1.165) is 0 Å². The van der Waals surface area contributed by atoms with Crippen molar-refractivity contribution in [1.29, 1.82) is 0 Å². The van der Waals surface area contributed by atoms with E-state index >= 15 is 0 Å². The molecule has 6 nitrogen and oxygen atoms in total. The van der Waals surface area contributed by atoms with Gasteiger partial charge in [-0.2, -0.15) is 0 Å². The van der Waals surface area contributed by atoms with Crippen molar-refractivity contribution in [2.75, 3.05) is 7.05 Å². The monoisotopic (exact) mass is 284 g/mol. The summed E-state index contributed by atoms with van der Waals surface area (Å²) < 4.78 is 0. The molecule has 0 saturated heterocycles. The highest BCUT2D eigenvalue weighted by Crippen LogP contribution is 2.06. The number of likely N-dealkylation sites (N-methyl/N-ethyl adjacent to an activating group) is 1. The number of nitrogens with one attached hydrogen (secondary N) is 2. The fourth-order valence-corrected chi connectivity index (χ4v) is 1.92. The van der Waals surface area contributed by atoms with Gasteiger partial charge < -0.3 is 10.6 Å². The smallest absolute Gasteiger partial charge is 0.217 e. The lowest BCUT2D eigenvalue weighted by atomic mass is 9.99. The SMILES string of the molecule is CCC(=O)C(CC(=O)CCC(NC)C(C)=O)NC(C)=O. The molecular formula is C14H24N2O4. The highest BCUT2D eigenvalue weighted by molar-refractivity contribution is 5.93. The van der Waals surface area contributed by atoms with Crippen molar-refractivity contribution in [3.05, 3.63) is 0 Å². The molecule has 0 spiro atoms. The standard InChI is InChI=1S/C14H24N2O4/c1-5-14(20)13(16-10(3)18)8-11(19)6-7-12(15-4)9(2)17/h12-13,15H,5-8H2,1-4H3,(H,16,18). The van der Waals surface area contributed by atoms with Gasteiger partial charge in [-0.05, 0) is 20.4 Å². The van der Waals surface area contributed by atoms with Crippen molar-refractivity contribution in [1.82, 2.24) is 10.6 Å². The van der Waals surface area contributed by atoms with E-state index < -0.39 is 6.04 Å². The van der Waals surface area contributed by atoms with Crippen molar-refractivity contribution >= 4 is 23.3 Å². The predicted octanol–water partition coefficient (Wildman–Crippen LogP) is 0.387. The maximum absolute atomic E-state index is 11.9. The third-order valence-corrected chi connectivity index (χ3v) is 3.10. The van der Waals surface area contributed by atoms with E-state index in [4.69, 9.17) is 0 Å². The highest BCUT2D eigenvalue weighted by atomic mass is 16.2. The number of rotatable bonds is 10. The summed E-state index contributed by atoms with van der Waals surface area (Å²) in [6.45, 7) is 4.47. The average Bonchev–Trinajstić information content (AvgIpc) is 2.36. The molecule has 0 aliphatic rings. The van der Waals surface area contributed by atoms with Crippen LogP contribution in [0, 0.1) is 0 Å². The summed E-state index contributed by atoms with van der Waals surface area (Å²) in [7, 11) is 1.66. The lowest BCUT2D eigenvalue weighted by Crippen LogP contribution is -2.41. The molecule has 0 aromatic carbocycles. The predicted molar refractivity (Wildman–Crippen MR) is 75.3 cm³/mol. The molecule has 0 aromatic rings. The fourth-order valence-electron chi connectivity index (χ4n) is 1.92. The quantitative estimate of drug-likeness (QED) is 0.605. The maximum atomic E-state index is 11.9. The number of carbonyl (C=O) groups is 4. The minimum Gasteiger partial charge on any atom is -0.346 e. The van der Waals surface area contributed by atoms with E-state index in [9.17, 15) is 19.2 Å². The third-order valence-electron chi connectivity index (χ3n) is 3.10. The lowest BCUT2D eigenvalue weighted by Gasteiger charge is -2.16. The van der Waals surface area contributed by atoms with Crippen LogP contribution >= 0.6 is 0 Å². The molecule has 2 N–H and O–H groups in total. The van der Waals surface area contributed by atoms with Gasteiger partial charge in [0.15, 0.2) is 5.78 Å². The van der Waals surface area contributed by atoms with Crippen molar-refractivity contribution in [3.8, 4) is 0 Å². The molecule has 2 unspecified atom stereocenters. The van der Waals surface area contributed by atoms with E-state index in [0.29, 0.717) is 6.42 Å². The van der Waals surface area contributed by atoms with E-state index in [1.807, 2.05) is 0 Å². The zero-order chi connectivity index (χ0) is 15.7. The van der Waals surface area contributed by atoms with Crippen LogP contribution < -0.4 is 10.6 Å². The molecule has 0 saturated carbocycles. The molecule has 2 atom stereocenters. The van der Waals surface area contributed by atoms with Crippen LogP contribution in [0.5, 0.6) is 0 Å². The largest absolute Gasteiger partial charge is 0.346 e. The number of amides is 1. The second-order valence-corrected chi connectivity index (χ2v) is 4.81. The van der Waals surface area contributed by atoms with E-state index in [2.05, 4.69) is 10.6 Å². The summed E-state index contributed by atoms with van der Waals surface area (Å²) >= 11 is 0. The molecule has 1 amide bonds. The van der Waals surface area contributed by atoms with Gasteiger partial charge in [-0.15, -0.1) is 0 Å². The number of hydrogen-bond donors (Lipinski definition) is 2. The number of ketones is 3. The van der Waals surface area contributed by atoms with Gasteiger partial charge >= 0.3 is 0 Å². The Balaban J connectivity index is 4.42. The van der Waals surface area contributed by atoms with E-state index in [1.165, 1.54) is 13.8 Å². The van der Waals surface area contributed by atoms with Crippen LogP contribution in [0.25, 0.3) is 0 Å².